The van der Waals surface area contributed by atoms with Gasteiger partial charge in [-0.25, -0.2) is 0 Å². The van der Waals surface area contributed by atoms with Crippen LogP contribution in [0.15, 0.2) is 30.3 Å². The minimum Gasteiger partial charge on any atom is -0.342 e. The highest BCUT2D eigenvalue weighted by molar-refractivity contribution is 5.85. The van der Waals surface area contributed by atoms with E-state index < -0.39 is 0 Å². The van der Waals surface area contributed by atoms with E-state index in [1.54, 1.807) is 0 Å². The van der Waals surface area contributed by atoms with Crippen LogP contribution in [0.25, 0.3) is 0 Å². The highest BCUT2D eigenvalue weighted by Gasteiger charge is 2.39. The molecule has 1 saturated heterocycles. The summed E-state index contributed by atoms with van der Waals surface area (Å²) < 4.78 is 0. The molecule has 4 nitrogen and oxygen atoms in total. The van der Waals surface area contributed by atoms with Crippen LogP contribution in [-0.4, -0.2) is 48.4 Å². The molecular formula is C18H30ClN3O. The third-order valence-electron chi connectivity index (χ3n) is 4.87. The molecule has 2 rings (SSSR count). The van der Waals surface area contributed by atoms with Crippen LogP contribution < -0.4 is 5.73 Å². The molecule has 1 aromatic carbocycles. The van der Waals surface area contributed by atoms with Crippen molar-refractivity contribution in [1.82, 2.24) is 9.80 Å². The molecule has 1 heterocycles. The molecule has 130 valence electrons. The number of carbonyl (C=O) groups is 1. The molecule has 0 aromatic heterocycles. The average Bonchev–Trinajstić information content (AvgIpc) is 2.93. The van der Waals surface area contributed by atoms with Gasteiger partial charge in [-0.05, 0) is 44.3 Å². The van der Waals surface area contributed by atoms with E-state index >= 15 is 0 Å². The van der Waals surface area contributed by atoms with Crippen molar-refractivity contribution >= 4 is 18.3 Å². The van der Waals surface area contributed by atoms with Crippen molar-refractivity contribution in [2.75, 3.05) is 32.7 Å². The highest BCUT2D eigenvalue weighted by atomic mass is 35.5. The van der Waals surface area contributed by atoms with Gasteiger partial charge in [0.1, 0.15) is 6.04 Å². The molecule has 5 heteroatoms. The Bertz CT molecular complexity index is 492. The third kappa shape index (κ3) is 4.46. The van der Waals surface area contributed by atoms with Crippen molar-refractivity contribution in [2.45, 2.75) is 33.2 Å². The normalized spacial score (nSPS) is 22.4. The maximum absolute atomic E-state index is 13.0. The molecule has 0 spiro atoms. The molecule has 1 aliphatic rings. The van der Waals surface area contributed by atoms with Crippen LogP contribution in [-0.2, 0) is 4.79 Å². The van der Waals surface area contributed by atoms with Gasteiger partial charge >= 0.3 is 0 Å². The first-order valence-electron chi connectivity index (χ1n) is 8.32. The van der Waals surface area contributed by atoms with Crippen LogP contribution in [0.3, 0.4) is 0 Å². The summed E-state index contributed by atoms with van der Waals surface area (Å²) >= 11 is 0. The van der Waals surface area contributed by atoms with E-state index in [1.807, 2.05) is 36.9 Å². The van der Waals surface area contributed by atoms with Crippen LogP contribution >= 0.6 is 12.4 Å². The van der Waals surface area contributed by atoms with E-state index in [9.17, 15) is 4.79 Å². The zero-order valence-corrected chi connectivity index (χ0v) is 15.3. The summed E-state index contributed by atoms with van der Waals surface area (Å²) in [6.07, 6.45) is 1.05. The fourth-order valence-electron chi connectivity index (χ4n) is 3.30. The second kappa shape index (κ2) is 8.67. The van der Waals surface area contributed by atoms with Crippen molar-refractivity contribution < 1.29 is 4.79 Å². The van der Waals surface area contributed by atoms with Gasteiger partial charge in [0.15, 0.2) is 0 Å². The van der Waals surface area contributed by atoms with E-state index in [0.29, 0.717) is 6.54 Å². The Morgan fingerprint density at radius 2 is 1.91 bits per heavy atom. The number of halogens is 1. The van der Waals surface area contributed by atoms with Crippen molar-refractivity contribution in [1.29, 1.82) is 0 Å². The van der Waals surface area contributed by atoms with E-state index in [1.165, 1.54) is 0 Å². The summed E-state index contributed by atoms with van der Waals surface area (Å²) in [5.74, 6) is 0.206. The Morgan fingerprint density at radius 1 is 1.30 bits per heavy atom. The van der Waals surface area contributed by atoms with Crippen LogP contribution in [0, 0.1) is 5.41 Å². The fraction of sp³-hybridized carbons (Fsp3) is 0.611. The first-order chi connectivity index (χ1) is 10.5. The number of hydrogen-bond acceptors (Lipinski definition) is 3. The Balaban J connectivity index is 0.00000264. The molecule has 0 aliphatic carbocycles. The summed E-state index contributed by atoms with van der Waals surface area (Å²) in [6, 6.07) is 9.95. The van der Waals surface area contributed by atoms with Crippen LogP contribution in [0.4, 0.5) is 0 Å². The van der Waals surface area contributed by atoms with Crippen LogP contribution in [0.5, 0.6) is 0 Å². The summed E-state index contributed by atoms with van der Waals surface area (Å²) in [4.78, 5) is 17.3. The number of benzene rings is 1. The van der Waals surface area contributed by atoms with Crippen LogP contribution in [0.2, 0.25) is 0 Å². The number of likely N-dealkylation sites (N-methyl/N-ethyl adjacent to an activating group) is 1. The monoisotopic (exact) mass is 339 g/mol. The van der Waals surface area contributed by atoms with Crippen molar-refractivity contribution in [3.63, 3.8) is 0 Å². The smallest absolute Gasteiger partial charge is 0.244 e. The molecule has 0 bridgehead atoms. The molecule has 23 heavy (non-hydrogen) atoms. The Labute approximate surface area is 146 Å². The van der Waals surface area contributed by atoms with Gasteiger partial charge in [0, 0.05) is 19.6 Å². The number of amides is 1. The van der Waals surface area contributed by atoms with E-state index in [0.717, 1.165) is 38.2 Å². The lowest BCUT2D eigenvalue weighted by Crippen LogP contribution is -2.43. The van der Waals surface area contributed by atoms with Crippen molar-refractivity contribution in [2.24, 2.45) is 11.1 Å². The predicted octanol–water partition coefficient (Wildman–Crippen LogP) is 2.69. The fourth-order valence-corrected chi connectivity index (χ4v) is 3.30. The Hall–Kier alpha value is -1.10. The Kier molecular flexibility index (Phi) is 7.52. The maximum atomic E-state index is 13.0. The molecule has 1 amide bonds. The van der Waals surface area contributed by atoms with E-state index in [4.69, 9.17) is 5.73 Å². The molecule has 0 radical (unpaired) electrons. The third-order valence-corrected chi connectivity index (χ3v) is 4.87. The lowest BCUT2D eigenvalue weighted by Gasteiger charge is -2.33. The summed E-state index contributed by atoms with van der Waals surface area (Å²) in [5.41, 5.74) is 7.14. The lowest BCUT2D eigenvalue weighted by molar-refractivity contribution is -0.136. The summed E-state index contributed by atoms with van der Waals surface area (Å²) in [7, 11) is 0. The molecular weight excluding hydrogens is 310 g/mol. The minimum atomic E-state index is -0.186. The van der Waals surface area contributed by atoms with Crippen LogP contribution in [0.1, 0.15) is 38.8 Å². The summed E-state index contributed by atoms with van der Waals surface area (Å²) in [5, 5.41) is 0. The number of rotatable bonds is 6. The minimum absolute atomic E-state index is 0. The quantitative estimate of drug-likeness (QED) is 0.867. The predicted molar refractivity (Wildman–Crippen MR) is 97.7 cm³/mol. The van der Waals surface area contributed by atoms with Gasteiger partial charge in [0.2, 0.25) is 5.91 Å². The first kappa shape index (κ1) is 19.9. The Morgan fingerprint density at radius 3 is 2.39 bits per heavy atom. The highest BCUT2D eigenvalue weighted by Crippen LogP contribution is 2.35. The molecule has 2 unspecified atom stereocenters. The van der Waals surface area contributed by atoms with Gasteiger partial charge in [0.05, 0.1) is 0 Å². The molecule has 1 aliphatic heterocycles. The second-order valence-corrected chi connectivity index (χ2v) is 6.56. The van der Waals surface area contributed by atoms with Gasteiger partial charge in [-0.3, -0.25) is 9.69 Å². The molecule has 1 fully saturated rings. The van der Waals surface area contributed by atoms with Gasteiger partial charge in [-0.15, -0.1) is 12.4 Å². The zero-order valence-electron chi connectivity index (χ0n) is 14.5. The maximum Gasteiger partial charge on any atom is 0.244 e. The second-order valence-electron chi connectivity index (χ2n) is 6.56. The topological polar surface area (TPSA) is 49.6 Å². The first-order valence-corrected chi connectivity index (χ1v) is 8.32. The molecule has 1 aromatic rings. The van der Waals surface area contributed by atoms with E-state index in [2.05, 4.69) is 24.0 Å². The number of nitrogens with zero attached hydrogens (tertiary/aromatic N) is 2. The lowest BCUT2D eigenvalue weighted by atomic mass is 9.90. The number of hydrogen-bond donors (Lipinski definition) is 1. The number of carbonyl (C=O) groups excluding carboxylic acids is 1. The summed E-state index contributed by atoms with van der Waals surface area (Å²) in [6.45, 7) is 10.3. The molecule has 2 atom stereocenters. The molecule has 0 saturated carbocycles. The van der Waals surface area contributed by atoms with Gasteiger partial charge in [-0.1, -0.05) is 37.3 Å². The van der Waals surface area contributed by atoms with E-state index in [-0.39, 0.29) is 29.8 Å². The van der Waals surface area contributed by atoms with Gasteiger partial charge in [-0.2, -0.15) is 0 Å². The van der Waals surface area contributed by atoms with Gasteiger partial charge < -0.3 is 10.6 Å². The zero-order chi connectivity index (χ0) is 16.2. The van der Waals surface area contributed by atoms with Crippen molar-refractivity contribution in [3.8, 4) is 0 Å². The van der Waals surface area contributed by atoms with Crippen molar-refractivity contribution in [3.05, 3.63) is 35.9 Å². The molecule has 2 N–H and O–H groups in total. The average molecular weight is 340 g/mol. The largest absolute Gasteiger partial charge is 0.342 e. The number of nitrogens with two attached hydrogens (primary N) is 1. The van der Waals surface area contributed by atoms with Gasteiger partial charge in [0.25, 0.3) is 0 Å². The standard InChI is InChI=1S/C18H29N3O.ClH/c1-4-20(5-2)17(22)16(15-9-7-6-8-10-15)21-12-11-18(3,13-19)14-21;/h6-10,16H,4-5,11-14,19H2,1-3H3;1H. The number of likely N-dealkylation sites (tertiary alicyclic amines) is 1. The SMILES string of the molecule is CCN(CC)C(=O)C(c1ccccc1)N1CCC(C)(CN)C1.Cl.